The summed E-state index contributed by atoms with van der Waals surface area (Å²) in [6, 6.07) is 1.42. The molecule has 60 valence electrons. The normalized spacial score (nSPS) is 11.5. The third-order valence-electron chi connectivity index (χ3n) is 1.23. The number of nitrogens with zero attached hydrogens (tertiary/aromatic N) is 1. The van der Waals surface area contributed by atoms with Crippen LogP contribution in [0.2, 0.25) is 0 Å². The second-order valence-corrected chi connectivity index (χ2v) is 2.77. The van der Waals surface area contributed by atoms with E-state index in [0.717, 1.165) is 0 Å². The first-order valence-corrected chi connectivity index (χ1v) is 3.19. The number of carbonyl (C=O) groups excluding carboxylic acids is 1. The number of rotatable bonds is 2. The van der Waals surface area contributed by atoms with E-state index in [-0.39, 0.29) is 5.69 Å². The molecule has 0 aliphatic heterocycles. The first kappa shape index (κ1) is 7.94. The summed E-state index contributed by atoms with van der Waals surface area (Å²) in [5, 5.41) is 12.6. The van der Waals surface area contributed by atoms with E-state index in [2.05, 4.69) is 9.68 Å². The molecule has 0 atom stereocenters. The van der Waals surface area contributed by atoms with Gasteiger partial charge in [0.25, 0.3) is 0 Å². The highest BCUT2D eigenvalue weighted by Gasteiger charge is 2.27. The highest BCUT2D eigenvalue weighted by atomic mass is 16.5. The molecule has 0 amide bonds. The van der Waals surface area contributed by atoms with Crippen molar-refractivity contribution in [3.8, 4) is 0 Å². The van der Waals surface area contributed by atoms with Crippen molar-refractivity contribution < 1.29 is 14.4 Å². The zero-order valence-corrected chi connectivity index (χ0v) is 6.37. The van der Waals surface area contributed by atoms with Crippen LogP contribution in [0.25, 0.3) is 0 Å². The molecule has 0 fully saturated rings. The summed E-state index contributed by atoms with van der Waals surface area (Å²) in [6.07, 6.45) is 1.29. The summed E-state index contributed by atoms with van der Waals surface area (Å²) >= 11 is 0. The van der Waals surface area contributed by atoms with Crippen molar-refractivity contribution in [1.82, 2.24) is 5.16 Å². The number of aromatic nitrogens is 1. The molecule has 1 aromatic heterocycles. The van der Waals surface area contributed by atoms with Crippen LogP contribution in [0.4, 0.5) is 0 Å². The molecule has 0 aromatic carbocycles. The summed E-state index contributed by atoms with van der Waals surface area (Å²) in [5.74, 6) is -0.439. The van der Waals surface area contributed by atoms with E-state index in [1.165, 1.54) is 26.2 Å². The predicted octanol–water partition coefficient (Wildman–Crippen LogP) is 0.628. The number of ketones is 1. The van der Waals surface area contributed by atoms with Crippen LogP contribution < -0.4 is 0 Å². The second kappa shape index (κ2) is 2.47. The molecule has 0 radical (unpaired) electrons. The maximum atomic E-state index is 11.2. The topological polar surface area (TPSA) is 63.3 Å². The van der Waals surface area contributed by atoms with Crippen molar-refractivity contribution in [1.29, 1.82) is 0 Å². The zero-order chi connectivity index (χ0) is 8.48. The molecular weight excluding hydrogens is 146 g/mol. The van der Waals surface area contributed by atoms with Crippen molar-refractivity contribution in [2.45, 2.75) is 19.4 Å². The molecule has 1 N–H and O–H groups in total. The van der Waals surface area contributed by atoms with Gasteiger partial charge >= 0.3 is 0 Å². The Bertz CT molecular complexity index is 245. The van der Waals surface area contributed by atoms with E-state index in [9.17, 15) is 9.90 Å². The Morgan fingerprint density at radius 3 is 2.73 bits per heavy atom. The molecule has 1 aromatic rings. The number of hydrogen-bond acceptors (Lipinski definition) is 4. The molecule has 1 heterocycles. The molecule has 0 aliphatic carbocycles. The van der Waals surface area contributed by atoms with Gasteiger partial charge in [-0.05, 0) is 13.8 Å². The Morgan fingerprint density at radius 1 is 1.73 bits per heavy atom. The maximum Gasteiger partial charge on any atom is 0.215 e. The molecule has 0 saturated carbocycles. The van der Waals surface area contributed by atoms with Gasteiger partial charge in [-0.15, -0.1) is 0 Å². The van der Waals surface area contributed by atoms with Crippen molar-refractivity contribution >= 4 is 5.78 Å². The number of hydrogen-bond donors (Lipinski definition) is 1. The van der Waals surface area contributed by atoms with Crippen LogP contribution in [0, 0.1) is 0 Å². The standard InChI is InChI=1S/C7H9NO3/c1-7(2,10)6(9)5-3-4-11-8-5/h3-4,10H,1-2H3. The van der Waals surface area contributed by atoms with E-state index >= 15 is 0 Å². The lowest BCUT2D eigenvalue weighted by Gasteiger charge is -2.12. The SMILES string of the molecule is CC(C)(O)C(=O)c1ccon1. The summed E-state index contributed by atoms with van der Waals surface area (Å²) in [4.78, 5) is 11.2. The maximum absolute atomic E-state index is 11.2. The molecule has 0 bridgehead atoms. The highest BCUT2D eigenvalue weighted by molar-refractivity contribution is 5.99. The molecule has 0 aliphatic rings. The minimum Gasteiger partial charge on any atom is -0.382 e. The first-order chi connectivity index (χ1) is 5.02. The van der Waals surface area contributed by atoms with Crippen LogP contribution in [0.1, 0.15) is 24.3 Å². The van der Waals surface area contributed by atoms with E-state index in [1.54, 1.807) is 0 Å². The van der Waals surface area contributed by atoms with Gasteiger partial charge in [-0.2, -0.15) is 0 Å². The number of aliphatic hydroxyl groups is 1. The summed E-state index contributed by atoms with van der Waals surface area (Å²) in [5.41, 5.74) is -1.23. The molecule has 0 saturated heterocycles. The van der Waals surface area contributed by atoms with Gasteiger partial charge < -0.3 is 9.63 Å². The lowest BCUT2D eigenvalue weighted by atomic mass is 10.0. The van der Waals surface area contributed by atoms with E-state index in [1.807, 2.05) is 0 Å². The lowest BCUT2D eigenvalue weighted by Crippen LogP contribution is -2.31. The molecule has 4 heteroatoms. The molecule has 0 spiro atoms. The fourth-order valence-corrected chi connectivity index (χ4v) is 0.643. The van der Waals surface area contributed by atoms with E-state index in [4.69, 9.17) is 0 Å². The average molecular weight is 155 g/mol. The fraction of sp³-hybridized carbons (Fsp3) is 0.429. The van der Waals surface area contributed by atoms with Crippen LogP contribution in [-0.2, 0) is 0 Å². The van der Waals surface area contributed by atoms with Gasteiger partial charge in [0, 0.05) is 6.07 Å². The summed E-state index contributed by atoms with van der Waals surface area (Å²) in [6.45, 7) is 2.81. The Labute approximate surface area is 63.8 Å². The van der Waals surface area contributed by atoms with Crippen molar-refractivity contribution in [2.75, 3.05) is 0 Å². The summed E-state index contributed by atoms with van der Waals surface area (Å²) < 4.78 is 4.45. The third-order valence-corrected chi connectivity index (χ3v) is 1.23. The van der Waals surface area contributed by atoms with Gasteiger partial charge in [-0.1, -0.05) is 5.16 Å². The van der Waals surface area contributed by atoms with Crippen LogP contribution in [0.3, 0.4) is 0 Å². The highest BCUT2D eigenvalue weighted by Crippen LogP contribution is 2.09. The molecule has 4 nitrogen and oxygen atoms in total. The van der Waals surface area contributed by atoms with E-state index < -0.39 is 11.4 Å². The monoisotopic (exact) mass is 155 g/mol. The van der Waals surface area contributed by atoms with Crippen LogP contribution in [-0.4, -0.2) is 21.6 Å². The van der Waals surface area contributed by atoms with Gasteiger partial charge in [-0.3, -0.25) is 4.79 Å². The quantitative estimate of drug-likeness (QED) is 0.636. The zero-order valence-electron chi connectivity index (χ0n) is 6.37. The Balaban J connectivity index is 2.88. The van der Waals surface area contributed by atoms with Crippen molar-refractivity contribution in [3.05, 3.63) is 18.0 Å². The third kappa shape index (κ3) is 1.65. The van der Waals surface area contributed by atoms with Gasteiger partial charge in [0.2, 0.25) is 5.78 Å². The van der Waals surface area contributed by atoms with Crippen LogP contribution >= 0.6 is 0 Å². The Hall–Kier alpha value is -1.16. The van der Waals surface area contributed by atoms with Crippen LogP contribution in [0.5, 0.6) is 0 Å². The Morgan fingerprint density at radius 2 is 2.36 bits per heavy atom. The van der Waals surface area contributed by atoms with Crippen molar-refractivity contribution in [3.63, 3.8) is 0 Å². The van der Waals surface area contributed by atoms with Gasteiger partial charge in [0.05, 0.1) is 0 Å². The number of Topliss-reactive ketones (excluding diaryl/α,β-unsaturated/α-hetero) is 1. The summed E-state index contributed by atoms with van der Waals surface area (Å²) in [7, 11) is 0. The first-order valence-electron chi connectivity index (χ1n) is 3.19. The largest absolute Gasteiger partial charge is 0.382 e. The molecule has 1 rings (SSSR count). The lowest BCUT2D eigenvalue weighted by molar-refractivity contribution is 0.0478. The minimum atomic E-state index is -1.38. The Kier molecular flexibility index (Phi) is 1.78. The average Bonchev–Trinajstić information content (AvgIpc) is 2.34. The van der Waals surface area contributed by atoms with Gasteiger partial charge in [0.15, 0.2) is 5.69 Å². The van der Waals surface area contributed by atoms with Crippen molar-refractivity contribution in [2.24, 2.45) is 0 Å². The van der Waals surface area contributed by atoms with Crippen LogP contribution in [0.15, 0.2) is 16.9 Å². The minimum absolute atomic E-state index is 0.150. The second-order valence-electron chi connectivity index (χ2n) is 2.77. The van der Waals surface area contributed by atoms with Gasteiger partial charge in [-0.25, -0.2) is 0 Å². The molecule has 0 unspecified atom stereocenters. The fourth-order valence-electron chi connectivity index (χ4n) is 0.643. The predicted molar refractivity (Wildman–Crippen MR) is 37.1 cm³/mol. The number of carbonyl (C=O) groups is 1. The molecular formula is C7H9NO3. The van der Waals surface area contributed by atoms with Gasteiger partial charge in [0.1, 0.15) is 11.9 Å². The van der Waals surface area contributed by atoms with E-state index in [0.29, 0.717) is 0 Å². The smallest absolute Gasteiger partial charge is 0.215 e. The molecule has 11 heavy (non-hydrogen) atoms.